The van der Waals surface area contributed by atoms with Crippen molar-refractivity contribution in [2.45, 2.75) is 44.2 Å². The lowest BCUT2D eigenvalue weighted by atomic mass is 9.56. The van der Waals surface area contributed by atoms with E-state index < -0.39 is 38.4 Å². The molecule has 9 heteroatoms. The SMILES string of the molecule is CCCCN1C[C@]2([N+](=O)[O-])C(=O)c3ccccc3[C@]([N+](=O)[O-])(C1)[C@H]2CC(C)=O. The average Bonchev–Trinajstić information content (AvgIpc) is 2.64. The molecule has 2 bridgehead atoms. The first-order valence-corrected chi connectivity index (χ1v) is 9.37. The van der Waals surface area contributed by atoms with E-state index in [1.807, 2.05) is 6.92 Å². The second-order valence-electron chi connectivity index (χ2n) is 7.76. The van der Waals surface area contributed by atoms with E-state index in [1.165, 1.54) is 19.1 Å². The average molecular weight is 389 g/mol. The minimum atomic E-state index is -2.21. The molecule has 28 heavy (non-hydrogen) atoms. The number of fused-ring (bicyclic) bond motifs is 4. The molecule has 0 N–H and O–H groups in total. The number of unbranched alkanes of at least 4 members (excludes halogenated alkanes) is 1. The van der Waals surface area contributed by atoms with Crippen LogP contribution >= 0.6 is 0 Å². The van der Waals surface area contributed by atoms with Gasteiger partial charge in [-0.25, -0.2) is 0 Å². The van der Waals surface area contributed by atoms with E-state index >= 15 is 0 Å². The fourth-order valence-electron chi connectivity index (χ4n) is 4.86. The van der Waals surface area contributed by atoms with Gasteiger partial charge < -0.3 is 4.79 Å². The Morgan fingerprint density at radius 2 is 1.79 bits per heavy atom. The number of rotatable bonds is 7. The summed E-state index contributed by atoms with van der Waals surface area (Å²) in [6.45, 7) is 3.34. The van der Waals surface area contributed by atoms with E-state index in [9.17, 15) is 29.8 Å². The molecule has 0 unspecified atom stereocenters. The molecule has 2 aliphatic rings. The van der Waals surface area contributed by atoms with E-state index in [2.05, 4.69) is 0 Å². The topological polar surface area (TPSA) is 124 Å². The molecule has 1 aromatic carbocycles. The van der Waals surface area contributed by atoms with Crippen molar-refractivity contribution in [2.24, 2.45) is 5.92 Å². The highest BCUT2D eigenvalue weighted by atomic mass is 16.6. The van der Waals surface area contributed by atoms with Crippen molar-refractivity contribution in [3.05, 3.63) is 55.6 Å². The molecular weight excluding hydrogens is 366 g/mol. The van der Waals surface area contributed by atoms with Crippen molar-refractivity contribution in [1.29, 1.82) is 0 Å². The van der Waals surface area contributed by atoms with Crippen LogP contribution in [0.2, 0.25) is 0 Å². The maximum absolute atomic E-state index is 13.4. The number of piperidine rings is 1. The Labute approximate surface area is 162 Å². The lowest BCUT2D eigenvalue weighted by Crippen LogP contribution is -2.75. The van der Waals surface area contributed by atoms with Crippen LogP contribution in [0.1, 0.15) is 49.0 Å². The van der Waals surface area contributed by atoms with Crippen molar-refractivity contribution < 1.29 is 19.4 Å². The highest BCUT2D eigenvalue weighted by Crippen LogP contribution is 2.53. The van der Waals surface area contributed by atoms with Crippen LogP contribution in [-0.4, -0.2) is 51.5 Å². The standard InChI is InChI=1S/C19H23N3O6/c1-3-4-9-20-11-18(21(25)26)15-8-6-5-7-14(15)17(24)19(12-20,22(27)28)16(18)10-13(2)23/h5-8,16H,3-4,9-12H2,1-2H3/t16-,18-,19-/m1/s1. The first-order chi connectivity index (χ1) is 13.2. The molecule has 0 aromatic heterocycles. The van der Waals surface area contributed by atoms with Crippen molar-refractivity contribution in [2.75, 3.05) is 19.6 Å². The Kier molecular flexibility index (Phi) is 5.05. The van der Waals surface area contributed by atoms with Crippen molar-refractivity contribution in [1.82, 2.24) is 4.90 Å². The van der Waals surface area contributed by atoms with Gasteiger partial charge in [0.25, 0.3) is 5.54 Å². The summed E-state index contributed by atoms with van der Waals surface area (Å²) in [6, 6.07) is 6.05. The van der Waals surface area contributed by atoms with E-state index in [0.717, 1.165) is 6.42 Å². The van der Waals surface area contributed by atoms with Gasteiger partial charge in [-0.3, -0.25) is 29.9 Å². The van der Waals surface area contributed by atoms with E-state index in [1.54, 1.807) is 17.0 Å². The number of nitro groups is 2. The first-order valence-electron chi connectivity index (χ1n) is 9.37. The van der Waals surface area contributed by atoms with Gasteiger partial charge in [0.2, 0.25) is 5.78 Å². The van der Waals surface area contributed by atoms with Crippen molar-refractivity contribution >= 4 is 11.6 Å². The van der Waals surface area contributed by atoms with Crippen LogP contribution in [-0.2, 0) is 10.3 Å². The van der Waals surface area contributed by atoms with E-state index in [-0.39, 0.29) is 30.6 Å². The fraction of sp³-hybridized carbons (Fsp3) is 0.579. The van der Waals surface area contributed by atoms with Gasteiger partial charge in [0.15, 0.2) is 0 Å². The van der Waals surface area contributed by atoms with Gasteiger partial charge in [0.1, 0.15) is 11.7 Å². The number of carbonyl (C=O) groups excluding carboxylic acids is 2. The smallest absolute Gasteiger partial charge is 0.300 e. The fourth-order valence-corrected chi connectivity index (χ4v) is 4.86. The molecule has 1 aliphatic carbocycles. The molecule has 0 radical (unpaired) electrons. The molecule has 1 aromatic rings. The normalized spacial score (nSPS) is 29.2. The third-order valence-corrected chi connectivity index (χ3v) is 6.08. The van der Waals surface area contributed by atoms with Gasteiger partial charge in [-0.15, -0.1) is 0 Å². The second-order valence-corrected chi connectivity index (χ2v) is 7.76. The zero-order valence-electron chi connectivity index (χ0n) is 15.9. The Morgan fingerprint density at radius 3 is 2.36 bits per heavy atom. The highest BCUT2D eigenvalue weighted by Gasteiger charge is 2.77. The van der Waals surface area contributed by atoms with Gasteiger partial charge in [-0.1, -0.05) is 37.6 Å². The van der Waals surface area contributed by atoms with Crippen LogP contribution < -0.4 is 0 Å². The molecule has 0 spiro atoms. The lowest BCUT2D eigenvalue weighted by Gasteiger charge is -2.50. The summed E-state index contributed by atoms with van der Waals surface area (Å²) < 4.78 is 0. The third kappa shape index (κ3) is 2.64. The summed E-state index contributed by atoms with van der Waals surface area (Å²) in [5.41, 5.74) is -3.89. The quantitative estimate of drug-likeness (QED) is 0.516. The number of likely N-dealkylation sites (tertiary alicyclic amines) is 1. The number of hydrogen-bond donors (Lipinski definition) is 0. The molecule has 9 nitrogen and oxygen atoms in total. The van der Waals surface area contributed by atoms with Crippen molar-refractivity contribution in [3.8, 4) is 0 Å². The summed E-state index contributed by atoms with van der Waals surface area (Å²) >= 11 is 0. The second kappa shape index (κ2) is 7.05. The molecule has 150 valence electrons. The Hall–Kier alpha value is -2.68. The number of benzene rings is 1. The van der Waals surface area contributed by atoms with Gasteiger partial charge >= 0.3 is 5.54 Å². The van der Waals surface area contributed by atoms with Crippen LogP contribution in [0.3, 0.4) is 0 Å². The Balaban J connectivity index is 2.34. The molecule has 1 saturated heterocycles. The number of hydrogen-bond acceptors (Lipinski definition) is 7. The van der Waals surface area contributed by atoms with E-state index in [0.29, 0.717) is 13.0 Å². The maximum atomic E-state index is 13.4. The Bertz CT molecular complexity index is 856. The lowest BCUT2D eigenvalue weighted by molar-refractivity contribution is -0.640. The minimum Gasteiger partial charge on any atom is -0.300 e. The molecule has 3 rings (SSSR count). The van der Waals surface area contributed by atoms with Crippen LogP contribution in [0, 0.1) is 26.1 Å². The summed E-state index contributed by atoms with van der Waals surface area (Å²) in [5.74, 6) is -2.47. The summed E-state index contributed by atoms with van der Waals surface area (Å²) in [6.07, 6.45) is 1.13. The third-order valence-electron chi connectivity index (χ3n) is 6.08. The summed E-state index contributed by atoms with van der Waals surface area (Å²) in [7, 11) is 0. The first kappa shape index (κ1) is 20.1. The summed E-state index contributed by atoms with van der Waals surface area (Å²) in [5, 5.41) is 24.8. The molecule has 3 atom stereocenters. The Morgan fingerprint density at radius 1 is 1.18 bits per heavy atom. The zero-order chi connectivity index (χ0) is 20.7. The van der Waals surface area contributed by atoms with Crippen LogP contribution in [0.5, 0.6) is 0 Å². The molecule has 1 fully saturated rings. The van der Waals surface area contributed by atoms with Gasteiger partial charge in [-0.2, -0.15) is 0 Å². The van der Waals surface area contributed by atoms with Gasteiger partial charge in [0, 0.05) is 27.4 Å². The highest BCUT2D eigenvalue weighted by molar-refractivity contribution is 6.06. The number of carbonyl (C=O) groups is 2. The van der Waals surface area contributed by atoms with Gasteiger partial charge in [-0.05, 0) is 19.9 Å². The number of ketones is 2. The minimum absolute atomic E-state index is 0.0193. The largest absolute Gasteiger partial charge is 0.306 e. The molecule has 1 heterocycles. The number of Topliss-reactive ketones (excluding diaryl/α,β-unsaturated/α-hetero) is 2. The van der Waals surface area contributed by atoms with Crippen LogP contribution in [0.4, 0.5) is 0 Å². The van der Waals surface area contributed by atoms with Gasteiger partial charge in [0.05, 0.1) is 13.1 Å². The maximum Gasteiger partial charge on any atom is 0.306 e. The van der Waals surface area contributed by atoms with Crippen molar-refractivity contribution in [3.63, 3.8) is 0 Å². The predicted molar refractivity (Wildman–Crippen MR) is 99.3 cm³/mol. The van der Waals surface area contributed by atoms with Crippen LogP contribution in [0.25, 0.3) is 0 Å². The molecule has 1 aliphatic heterocycles. The van der Waals surface area contributed by atoms with Crippen LogP contribution in [0.15, 0.2) is 24.3 Å². The van der Waals surface area contributed by atoms with E-state index in [4.69, 9.17) is 0 Å². The summed E-state index contributed by atoms with van der Waals surface area (Å²) in [4.78, 5) is 50.6. The predicted octanol–water partition coefficient (Wildman–Crippen LogP) is 2.08. The molecular formula is C19H23N3O6. The molecule has 0 amide bonds. The monoisotopic (exact) mass is 389 g/mol. The zero-order valence-corrected chi connectivity index (χ0v) is 15.9. The molecule has 0 saturated carbocycles. The number of nitrogens with zero attached hydrogens (tertiary/aromatic N) is 3.